The summed E-state index contributed by atoms with van der Waals surface area (Å²) in [6, 6.07) is 17.0. The Labute approximate surface area is 258 Å². The number of para-hydroxylation sites is 1. The summed E-state index contributed by atoms with van der Waals surface area (Å²) in [7, 11) is 4.34. The maximum atomic E-state index is 14.2. The van der Waals surface area contributed by atoms with Gasteiger partial charge in [-0.3, -0.25) is 14.5 Å². The molecule has 3 aromatic carbocycles. The quantitative estimate of drug-likeness (QED) is 0.103. The van der Waals surface area contributed by atoms with E-state index in [-0.39, 0.29) is 39.5 Å². The maximum absolute atomic E-state index is 14.2. The van der Waals surface area contributed by atoms with Gasteiger partial charge in [-0.25, -0.2) is 4.39 Å². The Morgan fingerprint density at radius 1 is 1.02 bits per heavy atom. The number of hydrogen-bond acceptors (Lipinski definition) is 11. The van der Waals surface area contributed by atoms with Crippen molar-refractivity contribution in [3.63, 3.8) is 0 Å². The molecule has 1 amide bonds. The first-order chi connectivity index (χ1) is 21.3. The molecule has 13 heteroatoms. The van der Waals surface area contributed by atoms with Crippen LogP contribution in [0.2, 0.25) is 0 Å². The van der Waals surface area contributed by atoms with Crippen molar-refractivity contribution in [3.8, 4) is 17.2 Å². The summed E-state index contributed by atoms with van der Waals surface area (Å²) in [5.41, 5.74) is 1.10. The van der Waals surface area contributed by atoms with E-state index >= 15 is 0 Å². The molecule has 0 aliphatic carbocycles. The Bertz CT molecular complexity index is 1880. The van der Waals surface area contributed by atoms with Gasteiger partial charge in [-0.05, 0) is 41.5 Å². The lowest BCUT2D eigenvalue weighted by Crippen LogP contribution is -2.31. The van der Waals surface area contributed by atoms with Gasteiger partial charge in [-0.2, -0.15) is 0 Å². The Kier molecular flexibility index (Phi) is 7.97. The molecule has 0 radical (unpaired) electrons. The normalized spacial score (nSPS) is 14.9. The molecule has 44 heavy (non-hydrogen) atoms. The third kappa shape index (κ3) is 5.13. The molecule has 1 unspecified atom stereocenters. The molecule has 5 aromatic rings. The summed E-state index contributed by atoms with van der Waals surface area (Å²) in [6.45, 7) is 0. The van der Waals surface area contributed by atoms with E-state index in [4.69, 9.17) is 18.6 Å². The highest BCUT2D eigenvalue weighted by molar-refractivity contribution is 8.00. The molecule has 3 heterocycles. The fourth-order valence-corrected chi connectivity index (χ4v) is 6.80. The number of hydrogen-bond donors (Lipinski definition) is 1. The number of carbonyl (C=O) groups is 2. The van der Waals surface area contributed by atoms with E-state index in [9.17, 15) is 19.1 Å². The number of aromatic nitrogens is 2. The molecule has 0 saturated carbocycles. The summed E-state index contributed by atoms with van der Waals surface area (Å²) in [6.07, 6.45) is 0. The van der Waals surface area contributed by atoms with E-state index < -0.39 is 23.5 Å². The highest BCUT2D eigenvalue weighted by Gasteiger charge is 2.47. The number of Topliss-reactive ketones (excluding diaryl/α,β-unsaturated/α-hetero) is 1. The van der Waals surface area contributed by atoms with Crippen molar-refractivity contribution in [3.05, 3.63) is 101 Å². The fraction of sp³-hybridized carbons (Fsp3) is 0.161. The van der Waals surface area contributed by atoms with E-state index in [1.807, 2.05) is 0 Å². The van der Waals surface area contributed by atoms with Crippen LogP contribution in [0.15, 0.2) is 86.8 Å². The molecule has 0 saturated heterocycles. The minimum atomic E-state index is -1.17. The van der Waals surface area contributed by atoms with Crippen molar-refractivity contribution in [1.82, 2.24) is 10.2 Å². The second-order valence-corrected chi connectivity index (χ2v) is 11.7. The summed E-state index contributed by atoms with van der Waals surface area (Å²) in [5, 5.41) is 20.4. The second-order valence-electron chi connectivity index (χ2n) is 9.51. The largest absolute Gasteiger partial charge is 0.503 e. The number of carbonyl (C=O) groups excluding carboxylic acids is 2. The van der Waals surface area contributed by atoms with Gasteiger partial charge in [0.2, 0.25) is 16.7 Å². The number of fused-ring (bicyclic) bond motifs is 1. The van der Waals surface area contributed by atoms with Crippen LogP contribution in [0.25, 0.3) is 11.0 Å². The molecule has 0 spiro atoms. The third-order valence-electron chi connectivity index (χ3n) is 7.02. The number of nitrogens with zero attached hydrogens (tertiary/aromatic N) is 3. The first kappa shape index (κ1) is 29.2. The van der Waals surface area contributed by atoms with Crippen LogP contribution in [0.5, 0.6) is 17.2 Å². The molecule has 0 bridgehead atoms. The Hall–Kier alpha value is -4.88. The molecule has 1 aliphatic rings. The molecular formula is C31H24FN3O7S2. The number of anilines is 1. The highest BCUT2D eigenvalue weighted by atomic mass is 32.2. The number of ether oxygens (including phenoxy) is 3. The topological polar surface area (TPSA) is 124 Å². The smallest absolute Gasteiger partial charge is 0.296 e. The predicted molar refractivity (Wildman–Crippen MR) is 162 cm³/mol. The first-order valence-electron chi connectivity index (χ1n) is 13.1. The second kappa shape index (κ2) is 12.0. The van der Waals surface area contributed by atoms with Crippen molar-refractivity contribution in [2.45, 2.75) is 16.1 Å². The van der Waals surface area contributed by atoms with Crippen molar-refractivity contribution in [2.75, 3.05) is 26.2 Å². The zero-order chi connectivity index (χ0) is 31.0. The lowest BCUT2D eigenvalue weighted by atomic mass is 9.94. The van der Waals surface area contributed by atoms with Crippen LogP contribution in [0.1, 0.15) is 27.7 Å². The van der Waals surface area contributed by atoms with Crippen LogP contribution in [0, 0.1) is 5.82 Å². The van der Waals surface area contributed by atoms with Crippen molar-refractivity contribution in [2.24, 2.45) is 0 Å². The van der Waals surface area contributed by atoms with E-state index in [2.05, 4.69) is 10.2 Å². The minimum Gasteiger partial charge on any atom is -0.503 e. The van der Waals surface area contributed by atoms with Crippen LogP contribution < -0.4 is 19.1 Å². The summed E-state index contributed by atoms with van der Waals surface area (Å²) in [5.74, 6) is -1.57. The van der Waals surface area contributed by atoms with Crippen LogP contribution in [-0.4, -0.2) is 48.3 Å². The van der Waals surface area contributed by atoms with Crippen molar-refractivity contribution >= 4 is 50.9 Å². The van der Waals surface area contributed by atoms with Gasteiger partial charge in [0.25, 0.3) is 5.91 Å². The van der Waals surface area contributed by atoms with E-state index in [0.717, 1.165) is 11.3 Å². The molecule has 0 fully saturated rings. The lowest BCUT2D eigenvalue weighted by Gasteiger charge is -2.25. The summed E-state index contributed by atoms with van der Waals surface area (Å²) < 4.78 is 37.0. The number of aliphatic hydroxyl groups excluding tert-OH is 1. The molecular weight excluding hydrogens is 609 g/mol. The number of halogens is 1. The number of methoxy groups -OCH3 is 3. The minimum absolute atomic E-state index is 0.0572. The van der Waals surface area contributed by atoms with E-state index in [1.54, 1.807) is 60.7 Å². The highest BCUT2D eigenvalue weighted by Crippen LogP contribution is 2.48. The predicted octanol–water partition coefficient (Wildman–Crippen LogP) is 6.52. The third-order valence-corrected chi connectivity index (χ3v) is 9.12. The Morgan fingerprint density at radius 3 is 2.41 bits per heavy atom. The number of amides is 1. The summed E-state index contributed by atoms with van der Waals surface area (Å²) >= 11 is 2.31. The fourth-order valence-electron chi connectivity index (χ4n) is 4.95. The van der Waals surface area contributed by atoms with Gasteiger partial charge in [0.05, 0.1) is 32.9 Å². The lowest BCUT2D eigenvalue weighted by molar-refractivity contribution is -0.117. The SMILES string of the molecule is COc1cc(C2C(C(=O)c3cc4ccccc4o3)=C(O)C(=O)N2c2nnc(SCc3ccccc3F)s2)cc(OC)c1OC. The number of benzene rings is 3. The number of rotatable bonds is 10. The number of thioether (sulfide) groups is 1. The van der Waals surface area contributed by atoms with Gasteiger partial charge in [0.15, 0.2) is 27.4 Å². The number of aliphatic hydroxyl groups is 1. The zero-order valence-corrected chi connectivity index (χ0v) is 25.2. The average molecular weight is 634 g/mol. The van der Waals surface area contributed by atoms with Gasteiger partial charge < -0.3 is 23.7 Å². The number of ketones is 1. The van der Waals surface area contributed by atoms with Gasteiger partial charge in [-0.1, -0.05) is 59.5 Å². The molecule has 224 valence electrons. The number of furan rings is 1. The van der Waals surface area contributed by atoms with Crippen molar-refractivity contribution < 1.29 is 37.7 Å². The van der Waals surface area contributed by atoms with Crippen LogP contribution in [-0.2, 0) is 10.5 Å². The molecule has 1 aliphatic heterocycles. The maximum Gasteiger partial charge on any atom is 0.296 e. The molecule has 6 rings (SSSR count). The van der Waals surface area contributed by atoms with Gasteiger partial charge >= 0.3 is 0 Å². The van der Waals surface area contributed by atoms with Crippen LogP contribution >= 0.6 is 23.1 Å². The van der Waals surface area contributed by atoms with Gasteiger partial charge in [-0.15, -0.1) is 10.2 Å². The Balaban J connectivity index is 1.44. The van der Waals surface area contributed by atoms with Crippen molar-refractivity contribution in [1.29, 1.82) is 0 Å². The van der Waals surface area contributed by atoms with Crippen LogP contribution in [0.3, 0.4) is 0 Å². The summed E-state index contributed by atoms with van der Waals surface area (Å²) in [4.78, 5) is 28.9. The van der Waals surface area contributed by atoms with E-state index in [0.29, 0.717) is 32.2 Å². The molecule has 1 atom stereocenters. The first-order valence-corrected chi connectivity index (χ1v) is 14.9. The van der Waals surface area contributed by atoms with Gasteiger partial charge in [0.1, 0.15) is 11.4 Å². The average Bonchev–Trinajstić information content (AvgIpc) is 3.76. The van der Waals surface area contributed by atoms with Gasteiger partial charge in [0, 0.05) is 11.1 Å². The Morgan fingerprint density at radius 2 is 1.73 bits per heavy atom. The molecule has 10 nitrogen and oxygen atoms in total. The monoisotopic (exact) mass is 633 g/mol. The molecule has 2 aromatic heterocycles. The van der Waals surface area contributed by atoms with Crippen LogP contribution in [0.4, 0.5) is 9.52 Å². The molecule has 1 N–H and O–H groups in total. The zero-order valence-electron chi connectivity index (χ0n) is 23.6. The standard InChI is InChI=1S/C31H24FN3O7S2/c1-39-22-13-18(14-23(40-2)28(22)41-3)25-24(26(36)21-12-16-8-5-7-11-20(16)42-21)27(37)29(38)35(25)30-33-34-31(44-30)43-15-17-9-4-6-10-19(17)32/h4-14,25,37H,15H2,1-3H3. The van der Waals surface area contributed by atoms with E-state index in [1.165, 1.54) is 44.1 Å².